The van der Waals surface area contributed by atoms with Crippen LogP contribution in [0.3, 0.4) is 0 Å². The van der Waals surface area contributed by atoms with Crippen molar-refractivity contribution in [3.05, 3.63) is 53.3 Å². The predicted molar refractivity (Wildman–Crippen MR) is 78.9 cm³/mol. The van der Waals surface area contributed by atoms with Gasteiger partial charge in [-0.2, -0.15) is 0 Å². The van der Waals surface area contributed by atoms with Crippen LogP contribution >= 0.6 is 11.6 Å². The fourth-order valence-corrected chi connectivity index (χ4v) is 2.40. The van der Waals surface area contributed by atoms with Gasteiger partial charge in [0.05, 0.1) is 17.6 Å². The second kappa shape index (κ2) is 5.38. The molecular formula is C14H13ClN4O. The van der Waals surface area contributed by atoms with Gasteiger partial charge in [0, 0.05) is 17.8 Å². The van der Waals surface area contributed by atoms with Crippen LogP contribution in [0.5, 0.6) is 0 Å². The molecule has 2 N–H and O–H groups in total. The number of carbonyl (C=O) groups excluding carboxylic acids is 1. The first kappa shape index (κ1) is 12.7. The molecule has 0 saturated heterocycles. The van der Waals surface area contributed by atoms with Gasteiger partial charge in [0.1, 0.15) is 0 Å². The highest BCUT2D eigenvalue weighted by atomic mass is 35.5. The number of fused-ring (bicyclic) bond motifs is 1. The fraction of sp³-hybridized carbons (Fsp3) is 0.143. The Bertz CT molecular complexity index is 632. The molecule has 5 nitrogen and oxygen atoms in total. The molecule has 0 saturated carbocycles. The summed E-state index contributed by atoms with van der Waals surface area (Å²) in [5.41, 5.74) is 5.59. The summed E-state index contributed by atoms with van der Waals surface area (Å²) in [4.78, 5) is 15.9. The highest BCUT2D eigenvalue weighted by Gasteiger charge is 2.20. The number of halogens is 1. The molecule has 0 radical (unpaired) electrons. The number of aromatic nitrogens is 1. The van der Waals surface area contributed by atoms with Gasteiger partial charge in [0.15, 0.2) is 0 Å². The molecule has 2 aromatic rings. The number of hydrogen-bond acceptors (Lipinski definition) is 3. The quantitative estimate of drug-likeness (QED) is 0.893. The van der Waals surface area contributed by atoms with Gasteiger partial charge in [0.2, 0.25) is 0 Å². The number of pyridine rings is 1. The van der Waals surface area contributed by atoms with Gasteiger partial charge in [-0.1, -0.05) is 11.6 Å². The fourth-order valence-electron chi connectivity index (χ4n) is 2.20. The summed E-state index contributed by atoms with van der Waals surface area (Å²) < 4.78 is 0. The van der Waals surface area contributed by atoms with Crippen LogP contribution in [-0.4, -0.2) is 17.6 Å². The Labute approximate surface area is 121 Å². The Morgan fingerprint density at radius 1 is 1.35 bits per heavy atom. The number of benzene rings is 1. The molecule has 0 unspecified atom stereocenters. The molecular weight excluding hydrogens is 276 g/mol. The Morgan fingerprint density at radius 2 is 2.25 bits per heavy atom. The normalized spacial score (nSPS) is 12.9. The van der Waals surface area contributed by atoms with E-state index in [-0.39, 0.29) is 6.03 Å². The van der Waals surface area contributed by atoms with Gasteiger partial charge in [-0.25, -0.2) is 10.2 Å². The SMILES string of the molecule is O=C(Nc1cccnc1)NN1CCc2cc(Cl)ccc21. The molecule has 0 atom stereocenters. The summed E-state index contributed by atoms with van der Waals surface area (Å²) >= 11 is 5.96. The van der Waals surface area contributed by atoms with Crippen molar-refractivity contribution in [2.24, 2.45) is 0 Å². The van der Waals surface area contributed by atoms with Crippen LogP contribution in [0.4, 0.5) is 16.2 Å². The smallest absolute Gasteiger partial charge is 0.305 e. The summed E-state index contributed by atoms with van der Waals surface area (Å²) in [7, 11) is 0. The first-order chi connectivity index (χ1) is 9.72. The van der Waals surface area contributed by atoms with Crippen LogP contribution in [0.2, 0.25) is 5.02 Å². The molecule has 0 aliphatic carbocycles. The van der Waals surface area contributed by atoms with Gasteiger partial charge in [-0.15, -0.1) is 0 Å². The summed E-state index contributed by atoms with van der Waals surface area (Å²) in [6.07, 6.45) is 4.11. The lowest BCUT2D eigenvalue weighted by Gasteiger charge is -2.20. The molecule has 1 aromatic carbocycles. The van der Waals surface area contributed by atoms with Gasteiger partial charge in [-0.3, -0.25) is 9.99 Å². The number of nitrogens with one attached hydrogen (secondary N) is 2. The van der Waals surface area contributed by atoms with Crippen molar-refractivity contribution in [3.63, 3.8) is 0 Å². The van der Waals surface area contributed by atoms with Crippen molar-refractivity contribution in [2.75, 3.05) is 16.9 Å². The highest BCUT2D eigenvalue weighted by molar-refractivity contribution is 6.30. The van der Waals surface area contributed by atoms with Crippen molar-refractivity contribution >= 4 is 29.0 Å². The monoisotopic (exact) mass is 288 g/mol. The molecule has 102 valence electrons. The first-order valence-corrected chi connectivity index (χ1v) is 6.64. The zero-order valence-electron chi connectivity index (χ0n) is 10.6. The summed E-state index contributed by atoms with van der Waals surface area (Å²) in [6, 6.07) is 8.92. The molecule has 1 aliphatic heterocycles. The average molecular weight is 289 g/mol. The minimum Gasteiger partial charge on any atom is -0.305 e. The van der Waals surface area contributed by atoms with Crippen molar-refractivity contribution in [2.45, 2.75) is 6.42 Å². The van der Waals surface area contributed by atoms with E-state index in [9.17, 15) is 4.79 Å². The molecule has 0 spiro atoms. The van der Waals surface area contributed by atoms with Crippen LogP contribution in [-0.2, 0) is 6.42 Å². The standard InChI is InChI=1S/C14H13ClN4O/c15-11-3-4-13-10(8-11)5-7-19(13)18-14(20)17-12-2-1-6-16-9-12/h1-4,6,8-9H,5,7H2,(H2,17,18,20). The number of rotatable bonds is 2. The minimum atomic E-state index is -0.291. The Hall–Kier alpha value is -2.27. The number of anilines is 2. The van der Waals surface area contributed by atoms with E-state index in [2.05, 4.69) is 15.7 Å². The lowest BCUT2D eigenvalue weighted by Crippen LogP contribution is -2.43. The highest BCUT2D eigenvalue weighted by Crippen LogP contribution is 2.28. The average Bonchev–Trinajstić information content (AvgIpc) is 2.82. The van der Waals surface area contributed by atoms with Crippen molar-refractivity contribution in [1.82, 2.24) is 10.4 Å². The Balaban J connectivity index is 1.67. The van der Waals surface area contributed by atoms with Gasteiger partial charge in [0.25, 0.3) is 0 Å². The van der Waals surface area contributed by atoms with Crippen molar-refractivity contribution in [1.29, 1.82) is 0 Å². The Morgan fingerprint density at radius 3 is 3.05 bits per heavy atom. The molecule has 2 heterocycles. The van der Waals surface area contributed by atoms with E-state index in [1.807, 2.05) is 23.2 Å². The van der Waals surface area contributed by atoms with Crippen LogP contribution in [0, 0.1) is 0 Å². The lowest BCUT2D eigenvalue weighted by atomic mass is 10.2. The van der Waals surface area contributed by atoms with E-state index >= 15 is 0 Å². The summed E-state index contributed by atoms with van der Waals surface area (Å²) in [5.74, 6) is 0. The van der Waals surface area contributed by atoms with E-state index < -0.39 is 0 Å². The second-order valence-electron chi connectivity index (χ2n) is 4.48. The van der Waals surface area contributed by atoms with Crippen molar-refractivity contribution in [3.8, 4) is 0 Å². The molecule has 2 amide bonds. The molecule has 20 heavy (non-hydrogen) atoms. The molecule has 1 aliphatic rings. The second-order valence-corrected chi connectivity index (χ2v) is 4.92. The van der Waals surface area contributed by atoms with Crippen LogP contribution in [0.1, 0.15) is 5.56 Å². The van der Waals surface area contributed by atoms with Crippen molar-refractivity contribution < 1.29 is 4.79 Å². The topological polar surface area (TPSA) is 57.3 Å². The molecule has 1 aromatic heterocycles. The lowest BCUT2D eigenvalue weighted by molar-refractivity contribution is 0.251. The third-order valence-corrected chi connectivity index (χ3v) is 3.33. The first-order valence-electron chi connectivity index (χ1n) is 6.26. The molecule has 6 heteroatoms. The molecule has 0 bridgehead atoms. The number of hydrazine groups is 1. The maximum Gasteiger partial charge on any atom is 0.338 e. The van der Waals surface area contributed by atoms with E-state index in [4.69, 9.17) is 11.6 Å². The predicted octanol–water partition coefficient (Wildman–Crippen LogP) is 2.83. The number of carbonyl (C=O) groups is 1. The van der Waals surface area contributed by atoms with Gasteiger partial charge >= 0.3 is 6.03 Å². The number of urea groups is 1. The third-order valence-electron chi connectivity index (χ3n) is 3.09. The summed E-state index contributed by atoms with van der Waals surface area (Å²) in [6.45, 7) is 0.732. The zero-order valence-corrected chi connectivity index (χ0v) is 11.4. The maximum absolute atomic E-state index is 11.9. The Kier molecular flexibility index (Phi) is 3.43. The summed E-state index contributed by atoms with van der Waals surface area (Å²) in [5, 5.41) is 5.26. The van der Waals surface area contributed by atoms with Gasteiger partial charge in [-0.05, 0) is 42.3 Å². The van der Waals surface area contributed by atoms with E-state index in [0.29, 0.717) is 10.7 Å². The van der Waals surface area contributed by atoms with E-state index in [1.54, 1.807) is 24.5 Å². The van der Waals surface area contributed by atoms with E-state index in [0.717, 1.165) is 24.2 Å². The van der Waals surface area contributed by atoms with Crippen LogP contribution < -0.4 is 15.8 Å². The number of hydrogen-bond donors (Lipinski definition) is 2. The largest absolute Gasteiger partial charge is 0.338 e. The number of amides is 2. The molecule has 3 rings (SSSR count). The van der Waals surface area contributed by atoms with Gasteiger partial charge < -0.3 is 5.32 Å². The third kappa shape index (κ3) is 2.67. The maximum atomic E-state index is 11.9. The van der Waals surface area contributed by atoms with Crippen LogP contribution in [0.25, 0.3) is 0 Å². The van der Waals surface area contributed by atoms with E-state index in [1.165, 1.54) is 0 Å². The van der Waals surface area contributed by atoms with Crippen LogP contribution in [0.15, 0.2) is 42.7 Å². The zero-order chi connectivity index (χ0) is 13.9. The molecule has 0 fully saturated rings. The number of nitrogens with zero attached hydrogens (tertiary/aromatic N) is 2. The minimum absolute atomic E-state index is 0.291.